The minimum Gasteiger partial charge on any atom is -0.493 e. The van der Waals surface area contributed by atoms with Crippen molar-refractivity contribution >= 4 is 28.3 Å². The molecule has 24 heavy (non-hydrogen) atoms. The number of nitrogens with one attached hydrogen (secondary N) is 1. The Kier molecular flexibility index (Phi) is 8.52. The van der Waals surface area contributed by atoms with Crippen LogP contribution in [0.1, 0.15) is 26.1 Å². The van der Waals surface area contributed by atoms with Gasteiger partial charge in [-0.3, -0.25) is 0 Å². The van der Waals surface area contributed by atoms with Crippen LogP contribution >= 0.6 is 28.3 Å². The Labute approximate surface area is 156 Å². The van der Waals surface area contributed by atoms with Crippen molar-refractivity contribution in [2.45, 2.75) is 32.7 Å². The van der Waals surface area contributed by atoms with Crippen molar-refractivity contribution in [3.63, 3.8) is 0 Å². The second-order valence-electron chi connectivity index (χ2n) is 5.25. The normalized spacial score (nSPS) is 11.7. The highest BCUT2D eigenvalue weighted by atomic mass is 79.9. The fourth-order valence-electron chi connectivity index (χ4n) is 2.02. The van der Waals surface area contributed by atoms with E-state index in [1.807, 2.05) is 19.2 Å². The van der Waals surface area contributed by atoms with E-state index in [1.54, 1.807) is 7.11 Å². The molecule has 2 aromatic rings. The molecule has 1 heterocycles. The quantitative estimate of drug-likeness (QED) is 0.699. The van der Waals surface area contributed by atoms with Crippen LogP contribution in [-0.4, -0.2) is 36.9 Å². The van der Waals surface area contributed by atoms with Crippen LogP contribution in [0.3, 0.4) is 0 Å². The van der Waals surface area contributed by atoms with Crippen LogP contribution in [0.2, 0.25) is 0 Å². The van der Waals surface area contributed by atoms with Crippen molar-refractivity contribution in [2.75, 3.05) is 20.8 Å². The molecule has 0 fully saturated rings. The van der Waals surface area contributed by atoms with E-state index in [1.165, 1.54) is 0 Å². The summed E-state index contributed by atoms with van der Waals surface area (Å²) in [6.07, 6.45) is 1.63. The molecular weight excluding hydrogens is 398 g/mol. The van der Waals surface area contributed by atoms with Gasteiger partial charge in [-0.2, -0.15) is 4.98 Å². The van der Waals surface area contributed by atoms with Crippen LogP contribution in [0.5, 0.6) is 11.5 Å². The summed E-state index contributed by atoms with van der Waals surface area (Å²) in [5.41, 5.74) is 0.786. The molecular formula is C16H23BrClN3O3. The maximum atomic E-state index is 5.72. The van der Waals surface area contributed by atoms with Gasteiger partial charge in [0, 0.05) is 18.0 Å². The highest BCUT2D eigenvalue weighted by Gasteiger charge is 2.17. The molecule has 1 aromatic carbocycles. The molecule has 0 amide bonds. The second kappa shape index (κ2) is 9.86. The number of ether oxygens (including phenoxy) is 2. The van der Waals surface area contributed by atoms with E-state index in [0.717, 1.165) is 16.5 Å². The van der Waals surface area contributed by atoms with E-state index in [2.05, 4.69) is 45.2 Å². The first kappa shape index (κ1) is 20.7. The fraction of sp³-hybridized carbons (Fsp3) is 0.500. The van der Waals surface area contributed by atoms with Crippen LogP contribution in [0.25, 0.3) is 11.5 Å². The number of aromatic nitrogens is 2. The molecule has 0 aliphatic rings. The Morgan fingerprint density at radius 3 is 2.75 bits per heavy atom. The Balaban J connectivity index is 0.00000288. The zero-order valence-electron chi connectivity index (χ0n) is 14.3. The van der Waals surface area contributed by atoms with Crippen LogP contribution < -0.4 is 14.8 Å². The predicted octanol–water partition coefficient (Wildman–Crippen LogP) is 3.87. The summed E-state index contributed by atoms with van der Waals surface area (Å²) in [6, 6.07) is 4.02. The van der Waals surface area contributed by atoms with E-state index in [0.29, 0.717) is 36.2 Å². The van der Waals surface area contributed by atoms with Crippen LogP contribution in [0.15, 0.2) is 21.1 Å². The average molecular weight is 421 g/mol. The van der Waals surface area contributed by atoms with Gasteiger partial charge in [-0.15, -0.1) is 12.4 Å². The Hall–Kier alpha value is -1.31. The number of methoxy groups -OCH3 is 1. The molecule has 0 bridgehead atoms. The molecule has 1 unspecified atom stereocenters. The summed E-state index contributed by atoms with van der Waals surface area (Å²) in [4.78, 5) is 4.44. The maximum Gasteiger partial charge on any atom is 0.258 e. The second-order valence-corrected chi connectivity index (χ2v) is 6.10. The van der Waals surface area contributed by atoms with Gasteiger partial charge in [0.15, 0.2) is 17.3 Å². The van der Waals surface area contributed by atoms with Crippen LogP contribution in [0.4, 0.5) is 0 Å². The predicted molar refractivity (Wildman–Crippen MR) is 99.2 cm³/mol. The van der Waals surface area contributed by atoms with Crippen molar-refractivity contribution in [1.82, 2.24) is 15.5 Å². The van der Waals surface area contributed by atoms with Gasteiger partial charge in [0.25, 0.3) is 5.89 Å². The average Bonchev–Trinajstić information content (AvgIpc) is 3.01. The summed E-state index contributed by atoms with van der Waals surface area (Å²) in [7, 11) is 3.51. The lowest BCUT2D eigenvalue weighted by Crippen LogP contribution is -2.24. The molecule has 1 atom stereocenters. The Bertz CT molecular complexity index is 651. The molecule has 1 aromatic heterocycles. The van der Waals surface area contributed by atoms with E-state index >= 15 is 0 Å². The SMILES string of the molecule is CCCOc1c(Br)cc(-c2nc(CC(C)NC)no2)cc1OC.Cl. The summed E-state index contributed by atoms with van der Waals surface area (Å²) in [5, 5.41) is 7.18. The van der Waals surface area contributed by atoms with Gasteiger partial charge in [-0.1, -0.05) is 12.1 Å². The van der Waals surface area contributed by atoms with E-state index in [9.17, 15) is 0 Å². The first-order valence-corrected chi connectivity index (χ1v) is 8.38. The van der Waals surface area contributed by atoms with Crippen LogP contribution in [0, 0.1) is 0 Å². The fourth-order valence-corrected chi connectivity index (χ4v) is 2.57. The smallest absolute Gasteiger partial charge is 0.258 e. The Morgan fingerprint density at radius 1 is 1.38 bits per heavy atom. The molecule has 0 spiro atoms. The van der Waals surface area contributed by atoms with Crippen molar-refractivity contribution in [1.29, 1.82) is 0 Å². The van der Waals surface area contributed by atoms with Crippen LogP contribution in [-0.2, 0) is 6.42 Å². The standard InChI is InChI=1S/C16H22BrN3O3.ClH/c1-5-6-22-15-12(17)8-11(9-13(15)21-4)16-19-14(20-23-16)7-10(2)18-3;/h8-10,18H,5-7H2,1-4H3;1H. The lowest BCUT2D eigenvalue weighted by atomic mass is 10.2. The molecule has 0 saturated heterocycles. The summed E-state index contributed by atoms with van der Waals surface area (Å²) in [5.74, 6) is 2.44. The number of rotatable bonds is 8. The minimum absolute atomic E-state index is 0. The van der Waals surface area contributed by atoms with Gasteiger partial charge in [0.2, 0.25) is 0 Å². The zero-order valence-corrected chi connectivity index (χ0v) is 16.7. The van der Waals surface area contributed by atoms with Crippen molar-refractivity contribution in [2.24, 2.45) is 0 Å². The third-order valence-electron chi connectivity index (χ3n) is 3.38. The minimum atomic E-state index is 0. The number of halogens is 2. The highest BCUT2D eigenvalue weighted by molar-refractivity contribution is 9.10. The lowest BCUT2D eigenvalue weighted by molar-refractivity contribution is 0.292. The third-order valence-corrected chi connectivity index (χ3v) is 3.97. The summed E-state index contributed by atoms with van der Waals surface area (Å²) < 4.78 is 17.3. The summed E-state index contributed by atoms with van der Waals surface area (Å²) in [6.45, 7) is 4.75. The molecule has 0 aliphatic carbocycles. The number of benzene rings is 1. The highest BCUT2D eigenvalue weighted by Crippen LogP contribution is 2.39. The molecule has 6 nitrogen and oxygen atoms in total. The van der Waals surface area contributed by atoms with Gasteiger partial charge < -0.3 is 19.3 Å². The largest absolute Gasteiger partial charge is 0.493 e. The number of likely N-dealkylation sites (N-methyl/N-ethyl adjacent to an activating group) is 1. The summed E-state index contributed by atoms with van der Waals surface area (Å²) >= 11 is 3.52. The van der Waals surface area contributed by atoms with Gasteiger partial charge in [0.05, 0.1) is 18.2 Å². The van der Waals surface area contributed by atoms with E-state index in [4.69, 9.17) is 14.0 Å². The molecule has 8 heteroatoms. The number of nitrogens with zero attached hydrogens (tertiary/aromatic N) is 2. The first-order chi connectivity index (χ1) is 11.1. The molecule has 0 aliphatic heterocycles. The van der Waals surface area contributed by atoms with E-state index < -0.39 is 0 Å². The third kappa shape index (κ3) is 5.09. The van der Waals surface area contributed by atoms with Crippen molar-refractivity contribution < 1.29 is 14.0 Å². The monoisotopic (exact) mass is 419 g/mol. The van der Waals surface area contributed by atoms with Crippen molar-refractivity contribution in [3.8, 4) is 23.0 Å². The molecule has 2 rings (SSSR count). The number of hydrogen-bond acceptors (Lipinski definition) is 6. The van der Waals surface area contributed by atoms with E-state index in [-0.39, 0.29) is 18.4 Å². The molecule has 0 radical (unpaired) electrons. The maximum absolute atomic E-state index is 5.72. The van der Waals surface area contributed by atoms with Gasteiger partial charge in [-0.25, -0.2) is 0 Å². The van der Waals surface area contributed by atoms with Gasteiger partial charge >= 0.3 is 0 Å². The molecule has 134 valence electrons. The topological polar surface area (TPSA) is 69.4 Å². The first-order valence-electron chi connectivity index (χ1n) is 7.59. The van der Waals surface area contributed by atoms with Crippen molar-refractivity contribution in [3.05, 3.63) is 22.4 Å². The zero-order chi connectivity index (χ0) is 16.8. The lowest BCUT2D eigenvalue weighted by Gasteiger charge is -2.12. The van der Waals surface area contributed by atoms with Gasteiger partial charge in [0.1, 0.15) is 0 Å². The Morgan fingerprint density at radius 2 is 2.12 bits per heavy atom. The van der Waals surface area contributed by atoms with Gasteiger partial charge in [-0.05, 0) is 48.5 Å². The molecule has 1 N–H and O–H groups in total. The number of hydrogen-bond donors (Lipinski definition) is 1. The molecule has 0 saturated carbocycles.